The summed E-state index contributed by atoms with van der Waals surface area (Å²) in [6, 6.07) is 16.5. The molecule has 2 aromatic rings. The van der Waals surface area contributed by atoms with Crippen molar-refractivity contribution in [2.45, 2.75) is 83.4 Å². The lowest BCUT2D eigenvalue weighted by Gasteiger charge is -2.31. The number of rotatable bonds is 19. The molecule has 2 aromatic carbocycles. The molecule has 0 radical (unpaired) electrons. The van der Waals surface area contributed by atoms with Crippen LogP contribution in [-0.2, 0) is 25.4 Å². The fraction of sp³-hybridized carbons (Fsp3) is 0.571. The summed E-state index contributed by atoms with van der Waals surface area (Å²) in [7, 11) is 1.57. The van der Waals surface area contributed by atoms with Crippen molar-refractivity contribution in [2.24, 2.45) is 0 Å². The summed E-state index contributed by atoms with van der Waals surface area (Å²) in [6.45, 7) is 6.28. The zero-order chi connectivity index (χ0) is 31.6. The molecule has 242 valence electrons. The molecule has 2 amide bonds. The Kier molecular flexibility index (Phi) is 15.9. The van der Waals surface area contributed by atoms with Gasteiger partial charge < -0.3 is 29.7 Å². The van der Waals surface area contributed by atoms with Crippen molar-refractivity contribution in [3.05, 3.63) is 71.3 Å². The number of benzene rings is 2. The van der Waals surface area contributed by atoms with Crippen LogP contribution >= 0.6 is 0 Å². The Morgan fingerprint density at radius 2 is 1.61 bits per heavy atom. The average Bonchev–Trinajstić information content (AvgIpc) is 3.05. The van der Waals surface area contributed by atoms with Gasteiger partial charge in [-0.15, -0.1) is 0 Å². The lowest BCUT2D eigenvalue weighted by molar-refractivity contribution is -0.156. The van der Waals surface area contributed by atoms with E-state index < -0.39 is 18.1 Å². The molecule has 3 rings (SSSR count). The third kappa shape index (κ3) is 12.0. The van der Waals surface area contributed by atoms with Gasteiger partial charge in [-0.3, -0.25) is 9.59 Å². The van der Waals surface area contributed by atoms with E-state index in [2.05, 4.69) is 10.6 Å². The number of hydrogen-bond acceptors (Lipinski definition) is 7. The van der Waals surface area contributed by atoms with Crippen LogP contribution in [0.15, 0.2) is 54.6 Å². The fourth-order valence-corrected chi connectivity index (χ4v) is 5.58. The van der Waals surface area contributed by atoms with E-state index in [1.165, 1.54) is 19.3 Å². The van der Waals surface area contributed by atoms with Crippen molar-refractivity contribution < 1.29 is 28.6 Å². The Bertz CT molecular complexity index is 1130. The van der Waals surface area contributed by atoms with Crippen LogP contribution in [0.3, 0.4) is 0 Å². The minimum Gasteiger partial charge on any atom is -0.457 e. The summed E-state index contributed by atoms with van der Waals surface area (Å²) in [5.41, 5.74) is 1.87. The standard InChI is InChI=1S/C35H51N3O6/c1-4-19-38(20-5-2)35(41)29-16-12-15-28(24-29)34(40)37-31(23-27-13-8-6-9-14-27)32(25-36-30-17-10-7-11-18-30)44-33(39)26-43-22-21-42-3/h6,8-9,12-16,24,30-32,36H,4-5,7,10-11,17-23,25-26H2,1-3H3,(H,37,40)/t31-,32+/m0/s1. The second-order valence-electron chi connectivity index (χ2n) is 11.5. The van der Waals surface area contributed by atoms with Crippen molar-refractivity contribution in [3.8, 4) is 0 Å². The van der Waals surface area contributed by atoms with Gasteiger partial charge in [0.1, 0.15) is 12.7 Å². The molecule has 9 heteroatoms. The van der Waals surface area contributed by atoms with Crippen molar-refractivity contribution in [1.29, 1.82) is 0 Å². The Hall–Kier alpha value is -3.27. The highest BCUT2D eigenvalue weighted by Gasteiger charge is 2.29. The maximum atomic E-state index is 13.7. The highest BCUT2D eigenvalue weighted by Crippen LogP contribution is 2.19. The van der Waals surface area contributed by atoms with Gasteiger partial charge in [-0.2, -0.15) is 0 Å². The molecule has 0 aromatic heterocycles. The third-order valence-electron chi connectivity index (χ3n) is 7.86. The number of nitrogens with zero attached hydrogens (tertiary/aromatic N) is 1. The largest absolute Gasteiger partial charge is 0.457 e. The number of nitrogens with one attached hydrogen (secondary N) is 2. The summed E-state index contributed by atoms with van der Waals surface area (Å²) in [5, 5.41) is 6.76. The Labute approximate surface area is 263 Å². The molecule has 2 atom stereocenters. The topological polar surface area (TPSA) is 106 Å². The van der Waals surface area contributed by atoms with Gasteiger partial charge >= 0.3 is 5.97 Å². The van der Waals surface area contributed by atoms with Gasteiger partial charge in [-0.25, -0.2) is 4.79 Å². The summed E-state index contributed by atoms with van der Waals surface area (Å²) < 4.78 is 16.4. The fourth-order valence-electron chi connectivity index (χ4n) is 5.58. The first kappa shape index (κ1) is 35.2. The van der Waals surface area contributed by atoms with Gasteiger partial charge in [-0.1, -0.05) is 69.5 Å². The molecule has 2 N–H and O–H groups in total. The highest BCUT2D eigenvalue weighted by molar-refractivity contribution is 5.99. The number of amides is 2. The molecule has 0 aliphatic heterocycles. The van der Waals surface area contributed by atoms with Crippen LogP contribution in [0.1, 0.15) is 85.1 Å². The third-order valence-corrected chi connectivity index (χ3v) is 7.86. The number of hydrogen-bond donors (Lipinski definition) is 2. The van der Waals surface area contributed by atoms with Gasteiger partial charge in [0, 0.05) is 43.9 Å². The van der Waals surface area contributed by atoms with Crippen LogP contribution < -0.4 is 10.6 Å². The quantitative estimate of drug-likeness (QED) is 0.174. The lowest BCUT2D eigenvalue weighted by atomic mass is 9.94. The van der Waals surface area contributed by atoms with E-state index in [0.717, 1.165) is 31.2 Å². The van der Waals surface area contributed by atoms with Crippen LogP contribution in [0.25, 0.3) is 0 Å². The summed E-state index contributed by atoms with van der Waals surface area (Å²) in [6.07, 6.45) is 7.26. The summed E-state index contributed by atoms with van der Waals surface area (Å²) in [4.78, 5) is 41.7. The molecule has 0 bridgehead atoms. The molecule has 1 saturated carbocycles. The van der Waals surface area contributed by atoms with Crippen LogP contribution in [0.2, 0.25) is 0 Å². The van der Waals surface area contributed by atoms with E-state index in [0.29, 0.717) is 49.8 Å². The first-order valence-electron chi connectivity index (χ1n) is 16.2. The number of methoxy groups -OCH3 is 1. The minimum atomic E-state index is -0.644. The lowest BCUT2D eigenvalue weighted by Crippen LogP contribution is -2.52. The molecule has 1 aliphatic carbocycles. The van der Waals surface area contributed by atoms with Gasteiger partial charge in [0.15, 0.2) is 0 Å². The molecule has 0 saturated heterocycles. The highest BCUT2D eigenvalue weighted by atomic mass is 16.6. The average molecular weight is 610 g/mol. The first-order chi connectivity index (χ1) is 21.4. The van der Waals surface area contributed by atoms with E-state index in [1.54, 1.807) is 31.4 Å². The van der Waals surface area contributed by atoms with Crippen LogP contribution in [0.5, 0.6) is 0 Å². The van der Waals surface area contributed by atoms with Crippen molar-refractivity contribution in [1.82, 2.24) is 15.5 Å². The molecule has 44 heavy (non-hydrogen) atoms. The number of esters is 1. The predicted molar refractivity (Wildman–Crippen MR) is 172 cm³/mol. The van der Waals surface area contributed by atoms with Crippen LogP contribution in [0.4, 0.5) is 0 Å². The van der Waals surface area contributed by atoms with Gasteiger partial charge in [0.2, 0.25) is 0 Å². The Morgan fingerprint density at radius 3 is 2.30 bits per heavy atom. The van der Waals surface area contributed by atoms with E-state index in [1.807, 2.05) is 49.1 Å². The molecule has 0 heterocycles. The molecule has 0 spiro atoms. The van der Waals surface area contributed by atoms with E-state index in [-0.39, 0.29) is 25.0 Å². The second-order valence-corrected chi connectivity index (χ2v) is 11.5. The van der Waals surface area contributed by atoms with Crippen LogP contribution in [0, 0.1) is 0 Å². The SMILES string of the molecule is CCCN(CCC)C(=O)c1cccc(C(=O)N[C@@H](Cc2ccccc2)[C@@H](CNC2CCCCC2)OC(=O)COCCOC)c1. The van der Waals surface area contributed by atoms with Crippen molar-refractivity contribution in [2.75, 3.05) is 46.6 Å². The van der Waals surface area contributed by atoms with Crippen LogP contribution in [-0.4, -0.2) is 87.4 Å². The van der Waals surface area contributed by atoms with E-state index in [9.17, 15) is 14.4 Å². The maximum Gasteiger partial charge on any atom is 0.332 e. The Balaban J connectivity index is 1.83. The molecule has 9 nitrogen and oxygen atoms in total. The molecular weight excluding hydrogens is 558 g/mol. The molecule has 1 aliphatic rings. The number of carbonyl (C=O) groups excluding carboxylic acids is 3. The monoisotopic (exact) mass is 609 g/mol. The molecule has 1 fully saturated rings. The first-order valence-corrected chi connectivity index (χ1v) is 16.2. The summed E-state index contributed by atoms with van der Waals surface area (Å²) in [5.74, 6) is -0.905. The minimum absolute atomic E-state index is 0.0823. The second kappa shape index (κ2) is 19.9. The number of ether oxygens (including phenoxy) is 3. The zero-order valence-corrected chi connectivity index (χ0v) is 26.7. The van der Waals surface area contributed by atoms with Crippen molar-refractivity contribution >= 4 is 17.8 Å². The van der Waals surface area contributed by atoms with Gasteiger partial charge in [0.25, 0.3) is 11.8 Å². The smallest absolute Gasteiger partial charge is 0.332 e. The maximum absolute atomic E-state index is 13.7. The molecule has 0 unspecified atom stereocenters. The normalized spacial score (nSPS) is 14.9. The zero-order valence-electron chi connectivity index (χ0n) is 26.7. The Morgan fingerprint density at radius 1 is 0.909 bits per heavy atom. The molecular formula is C35H51N3O6. The summed E-state index contributed by atoms with van der Waals surface area (Å²) >= 11 is 0. The van der Waals surface area contributed by atoms with E-state index in [4.69, 9.17) is 14.2 Å². The predicted octanol–water partition coefficient (Wildman–Crippen LogP) is 4.79. The van der Waals surface area contributed by atoms with Gasteiger partial charge in [-0.05, 0) is 55.9 Å². The van der Waals surface area contributed by atoms with E-state index >= 15 is 0 Å². The number of carbonyl (C=O) groups is 3. The van der Waals surface area contributed by atoms with Gasteiger partial charge in [0.05, 0.1) is 19.3 Å². The van der Waals surface area contributed by atoms with Crippen molar-refractivity contribution in [3.63, 3.8) is 0 Å².